The molecule has 0 fully saturated rings. The van der Waals surface area contributed by atoms with Gasteiger partial charge in [-0.2, -0.15) is 0 Å². The molecule has 620 valence electrons. The number of urea groups is 1. The van der Waals surface area contributed by atoms with Crippen LogP contribution in [0, 0.1) is 0 Å². The quantitative estimate of drug-likeness (QED) is 0.0164. The fraction of sp³-hybridized carbons (Fsp3) is 0.397. The largest absolute Gasteiger partial charge is 0.508 e. The summed E-state index contributed by atoms with van der Waals surface area (Å²) >= 11 is 0. The van der Waals surface area contributed by atoms with Crippen molar-refractivity contribution in [1.82, 2.24) is 74.1 Å². The minimum Gasteiger partial charge on any atom is -0.508 e. The van der Waals surface area contributed by atoms with Gasteiger partial charge in [-0.3, -0.25) is 67.1 Å². The summed E-state index contributed by atoms with van der Waals surface area (Å²) in [5.74, 6) is -21.1. The molecule has 24 N–H and O–H groups in total. The number of aliphatic hydroxyl groups is 2. The standard InChI is InChI=1S/C73H90N14O28/c1-37(90)78-52(29-39-11-17-43(91)18-12-39)66(105)83-53(30-40-13-19-44(92)20-14-40)67(106)84-56(36-89)69(108)85-55(35-88)68(107)82-48(22-25-60(97)98)65(104)81-47(21-24-59(95)96)62(101)76-33-57(93)79-51(28-38-9-15-41(16-10-38)70(109)110)64(103)77-34-58(94)80-54(31-42-32-75-46-7-3-2-6-45(42)46)63(102)74-27-5-4-8-49(71(111)112)86-73(115)87-50(72(113)114)23-26-61(99)100/h2-3,6-7,9-20,32,47-56,75,88-89,91-92H,4-5,8,21-31,33-36H2,1H3,(H,74,102)(H,76,101)(H,77,103)(H,78,90)(H,79,93)(H,80,94)(H,81,104)(H,82,107)(H,83,105)(H,84,106)(H,85,108)(H,95,96)(H,97,98)(H,99,100)(H,109,110)(H,111,112)(H,113,114)(H2,86,87,115)/t47-,48-,49-,50-,51-,52-,53-,54-,55-,56-/m0/s1. The minimum atomic E-state index is -2.07. The molecule has 1 heterocycles. The summed E-state index contributed by atoms with van der Waals surface area (Å²) in [6.45, 7) is -3.40. The second kappa shape index (κ2) is 46.1. The van der Waals surface area contributed by atoms with Crippen molar-refractivity contribution in [3.05, 3.63) is 131 Å². The van der Waals surface area contributed by atoms with E-state index in [0.29, 0.717) is 27.6 Å². The van der Waals surface area contributed by atoms with E-state index in [4.69, 9.17) is 5.11 Å². The van der Waals surface area contributed by atoms with E-state index in [1.807, 2.05) is 5.32 Å². The van der Waals surface area contributed by atoms with Crippen LogP contribution in [-0.4, -0.2) is 256 Å². The Morgan fingerprint density at radius 3 is 1.17 bits per heavy atom. The molecule has 1 aromatic heterocycles. The Balaban J connectivity index is 1.26. The number of aromatic amines is 1. The zero-order valence-electron chi connectivity index (χ0n) is 61.6. The van der Waals surface area contributed by atoms with Gasteiger partial charge in [-0.1, -0.05) is 54.6 Å². The lowest BCUT2D eigenvalue weighted by Gasteiger charge is -2.26. The summed E-state index contributed by atoms with van der Waals surface area (Å²) < 4.78 is 0. The molecule has 0 unspecified atom stereocenters. The normalized spacial score (nSPS) is 13.5. The Hall–Kier alpha value is -13.8. The van der Waals surface area contributed by atoms with Gasteiger partial charge in [-0.25, -0.2) is 19.2 Å². The Morgan fingerprint density at radius 1 is 0.365 bits per heavy atom. The van der Waals surface area contributed by atoms with Gasteiger partial charge >= 0.3 is 41.8 Å². The van der Waals surface area contributed by atoms with Gasteiger partial charge in [-0.15, -0.1) is 0 Å². The van der Waals surface area contributed by atoms with E-state index in [1.165, 1.54) is 72.8 Å². The topological polar surface area (TPSA) is 682 Å². The second-order valence-corrected chi connectivity index (χ2v) is 26.1. The fourth-order valence-corrected chi connectivity index (χ4v) is 11.2. The van der Waals surface area contributed by atoms with Crippen LogP contribution in [-0.2, 0) is 102 Å². The van der Waals surface area contributed by atoms with Crippen LogP contribution in [0.25, 0.3) is 10.9 Å². The van der Waals surface area contributed by atoms with Crippen molar-refractivity contribution in [3.63, 3.8) is 0 Å². The molecule has 5 rings (SSSR count). The first-order chi connectivity index (χ1) is 54.5. The van der Waals surface area contributed by atoms with Gasteiger partial charge in [0.15, 0.2) is 0 Å². The third kappa shape index (κ3) is 32.2. The molecule has 0 saturated heterocycles. The van der Waals surface area contributed by atoms with E-state index < -0.39 is 238 Å². The van der Waals surface area contributed by atoms with Crippen LogP contribution >= 0.6 is 0 Å². The number of carboxylic acids is 6. The van der Waals surface area contributed by atoms with Gasteiger partial charge in [0.2, 0.25) is 65.0 Å². The molecule has 0 saturated carbocycles. The average Bonchev–Trinajstić information content (AvgIpc) is 1.69. The number of phenolic OH excluding ortho intramolecular Hbond substituents is 2. The number of hydrogen-bond donors (Lipinski definition) is 24. The number of aromatic carboxylic acids is 1. The van der Waals surface area contributed by atoms with Crippen molar-refractivity contribution in [2.24, 2.45) is 0 Å². The fourth-order valence-electron chi connectivity index (χ4n) is 11.2. The molecule has 42 heteroatoms. The molecular weight excluding hydrogens is 1520 g/mol. The lowest BCUT2D eigenvalue weighted by atomic mass is 10.0. The van der Waals surface area contributed by atoms with Crippen molar-refractivity contribution >= 4 is 118 Å². The molecule has 0 aliphatic carbocycles. The maximum Gasteiger partial charge on any atom is 0.335 e. The zero-order valence-corrected chi connectivity index (χ0v) is 61.6. The van der Waals surface area contributed by atoms with E-state index in [-0.39, 0.29) is 67.7 Å². The second-order valence-electron chi connectivity index (χ2n) is 26.1. The molecule has 13 amide bonds. The third-order valence-electron chi connectivity index (χ3n) is 17.2. The Morgan fingerprint density at radius 2 is 0.730 bits per heavy atom. The van der Waals surface area contributed by atoms with Crippen molar-refractivity contribution in [2.45, 2.75) is 151 Å². The predicted octanol–water partition coefficient (Wildman–Crippen LogP) is -4.25. The van der Waals surface area contributed by atoms with Crippen LogP contribution in [0.1, 0.15) is 97.3 Å². The number of carbonyl (C=O) groups is 18. The highest BCUT2D eigenvalue weighted by atomic mass is 16.4. The van der Waals surface area contributed by atoms with Crippen molar-refractivity contribution < 1.29 is 137 Å². The molecule has 115 heavy (non-hydrogen) atoms. The van der Waals surface area contributed by atoms with Crippen LogP contribution in [0.3, 0.4) is 0 Å². The molecular formula is C73H90N14O28. The molecule has 0 bridgehead atoms. The first-order valence-corrected chi connectivity index (χ1v) is 35.6. The van der Waals surface area contributed by atoms with Crippen LogP contribution in [0.2, 0.25) is 0 Å². The summed E-state index contributed by atoms with van der Waals surface area (Å²) in [6, 6.07) is 4.49. The van der Waals surface area contributed by atoms with Crippen LogP contribution < -0.4 is 69.1 Å². The van der Waals surface area contributed by atoms with Gasteiger partial charge < -0.3 is 125 Å². The molecule has 0 aliphatic heterocycles. The number of fused-ring (bicyclic) bond motifs is 1. The van der Waals surface area contributed by atoms with Gasteiger partial charge in [0.1, 0.15) is 71.9 Å². The number of rotatable bonds is 49. The number of phenols is 2. The highest BCUT2D eigenvalue weighted by Gasteiger charge is 2.36. The van der Waals surface area contributed by atoms with Crippen LogP contribution in [0.4, 0.5) is 4.79 Å². The molecule has 5 aromatic rings. The number of hydrogen-bond acceptors (Lipinski definition) is 22. The third-order valence-corrected chi connectivity index (χ3v) is 17.2. The molecule has 42 nitrogen and oxygen atoms in total. The van der Waals surface area contributed by atoms with E-state index >= 15 is 0 Å². The number of nitrogens with one attached hydrogen (secondary N) is 14. The lowest BCUT2D eigenvalue weighted by Crippen LogP contribution is -2.61. The number of carbonyl (C=O) groups excluding carboxylic acids is 12. The number of aromatic nitrogens is 1. The highest BCUT2D eigenvalue weighted by Crippen LogP contribution is 2.21. The summed E-state index contributed by atoms with van der Waals surface area (Å²) in [7, 11) is 0. The van der Waals surface area contributed by atoms with Gasteiger partial charge in [-0.05, 0) is 103 Å². The number of aliphatic hydroxyl groups excluding tert-OH is 2. The molecule has 0 spiro atoms. The maximum absolute atomic E-state index is 14.1. The molecule has 0 aliphatic rings. The van der Waals surface area contributed by atoms with Crippen molar-refractivity contribution in [1.29, 1.82) is 0 Å². The maximum atomic E-state index is 14.1. The molecule has 0 radical (unpaired) electrons. The summed E-state index contributed by atoms with van der Waals surface area (Å²) in [5.41, 5.74) is 2.08. The SMILES string of the molecule is CC(=O)N[C@@H](Cc1ccc(O)cc1)C(=O)N[C@@H](Cc1ccc(O)cc1)C(=O)N[C@@H](CO)C(=O)N[C@@H](CO)C(=O)N[C@@H](CCC(=O)O)C(=O)N[C@@H](CCC(=O)O)C(=O)NCC(=O)N[C@@H](Cc1ccc(C(=O)O)cc1)C(=O)NCC(=O)N[C@@H](Cc1c[nH]c2ccccc12)C(=O)NCCCC[C@H](NC(=O)N[C@@H](CCC(=O)O)C(=O)O)C(=O)O. The predicted molar refractivity (Wildman–Crippen MR) is 396 cm³/mol. The average molecular weight is 1610 g/mol. The van der Waals surface area contributed by atoms with E-state index in [9.17, 15) is 132 Å². The Labute approximate surface area is 653 Å². The van der Waals surface area contributed by atoms with Gasteiger partial charge in [0.25, 0.3) is 0 Å². The van der Waals surface area contributed by atoms with Crippen molar-refractivity contribution in [3.8, 4) is 11.5 Å². The summed E-state index contributed by atoms with van der Waals surface area (Å²) in [6.07, 6.45) is -3.92. The summed E-state index contributed by atoms with van der Waals surface area (Å²) in [5, 5.41) is 128. The van der Waals surface area contributed by atoms with Gasteiger partial charge in [0, 0.05) is 75.5 Å². The number of aliphatic carboxylic acids is 5. The number of amides is 13. The molecule has 4 aromatic carbocycles. The van der Waals surface area contributed by atoms with E-state index in [0.717, 1.165) is 6.92 Å². The Bertz CT molecular complexity index is 4310. The zero-order chi connectivity index (χ0) is 85.0. The molecule has 10 atom stereocenters. The highest BCUT2D eigenvalue weighted by molar-refractivity contribution is 5.99. The van der Waals surface area contributed by atoms with Crippen molar-refractivity contribution in [2.75, 3.05) is 32.8 Å². The van der Waals surface area contributed by atoms with Crippen LogP contribution in [0.15, 0.2) is 103 Å². The minimum absolute atomic E-state index is 0.0506. The number of aromatic hydroxyl groups is 2. The number of carboxylic acid groups (broad SMARTS) is 6. The summed E-state index contributed by atoms with van der Waals surface area (Å²) in [4.78, 5) is 237. The van der Waals surface area contributed by atoms with Gasteiger partial charge in [0.05, 0.1) is 31.9 Å². The van der Waals surface area contributed by atoms with Crippen LogP contribution in [0.5, 0.6) is 11.5 Å². The Kier molecular flexibility index (Phi) is 36.8. The smallest absolute Gasteiger partial charge is 0.335 e. The first kappa shape index (κ1) is 91.8. The first-order valence-electron chi connectivity index (χ1n) is 35.6. The van der Waals surface area contributed by atoms with E-state index in [1.54, 1.807) is 30.5 Å². The number of benzene rings is 4. The number of para-hydroxylation sites is 1. The number of H-pyrrole nitrogens is 1. The lowest BCUT2D eigenvalue weighted by molar-refractivity contribution is -0.141. The monoisotopic (exact) mass is 1610 g/mol. The number of unbranched alkanes of at least 4 members (excludes halogenated alkanes) is 1. The van der Waals surface area contributed by atoms with E-state index in [2.05, 4.69) is 68.8 Å².